The third kappa shape index (κ3) is 12.2. The van der Waals surface area contributed by atoms with Crippen molar-refractivity contribution in [3.8, 4) is 0 Å². The maximum atomic E-state index is 12.6. The molecular weight excluding hydrogens is 273 g/mol. The third-order valence-electron chi connectivity index (χ3n) is 2.53. The number of hydrogen-bond acceptors (Lipinski definition) is 3. The highest BCUT2D eigenvalue weighted by molar-refractivity contribution is 7.93. The molecular formula is C16H26FNOS. The van der Waals surface area contributed by atoms with Crippen molar-refractivity contribution in [3.63, 3.8) is 0 Å². The van der Waals surface area contributed by atoms with Crippen LogP contribution in [0, 0.1) is 11.7 Å². The van der Waals surface area contributed by atoms with Gasteiger partial charge in [0.15, 0.2) is 0 Å². The molecule has 114 valence electrons. The molecule has 1 aromatic rings. The summed E-state index contributed by atoms with van der Waals surface area (Å²) in [6, 6.07) is 6.56. The lowest BCUT2D eigenvalue weighted by molar-refractivity contribution is 0.595. The quantitative estimate of drug-likeness (QED) is 0.560. The fourth-order valence-corrected chi connectivity index (χ4v) is 1.67. The molecule has 3 N–H and O–H groups in total. The normalized spacial score (nSPS) is 10.7. The molecule has 0 saturated carbocycles. The standard InChI is InChI=1S/C13H17F.C3H9NOS/c1-11(2)5-3-4-6-12-7-9-13(14)10-8-12;4-2-1-3-6-5/h4,6-11H,3,5H2,1-2H3;5H,1-4H2/b6-4+;. The van der Waals surface area contributed by atoms with Gasteiger partial charge < -0.3 is 10.3 Å². The molecule has 1 aromatic carbocycles. The van der Waals surface area contributed by atoms with E-state index in [-0.39, 0.29) is 5.82 Å². The Bertz CT molecular complexity index is 348. The Hall–Kier alpha value is -0.840. The molecule has 0 fully saturated rings. The first-order valence-electron chi connectivity index (χ1n) is 6.98. The summed E-state index contributed by atoms with van der Waals surface area (Å²) in [5, 5.41) is 0. The highest BCUT2D eigenvalue weighted by Crippen LogP contribution is 2.08. The van der Waals surface area contributed by atoms with Gasteiger partial charge in [-0.15, -0.1) is 0 Å². The van der Waals surface area contributed by atoms with E-state index in [0.29, 0.717) is 6.54 Å². The summed E-state index contributed by atoms with van der Waals surface area (Å²) in [6.45, 7) is 5.10. The number of allylic oxidation sites excluding steroid dienone is 1. The summed E-state index contributed by atoms with van der Waals surface area (Å²) in [4.78, 5) is 0. The summed E-state index contributed by atoms with van der Waals surface area (Å²) >= 11 is 0.846. The highest BCUT2D eigenvalue weighted by Gasteiger charge is 1.91. The minimum atomic E-state index is -0.177. The Kier molecular flexibility index (Phi) is 12.6. The van der Waals surface area contributed by atoms with Gasteiger partial charge in [0.05, 0.1) is 0 Å². The molecule has 0 radical (unpaired) electrons. The molecule has 0 aromatic heterocycles. The Balaban J connectivity index is 0.000000511. The molecule has 1 rings (SSSR count). The van der Waals surface area contributed by atoms with Gasteiger partial charge in [-0.3, -0.25) is 0 Å². The smallest absolute Gasteiger partial charge is 0.123 e. The van der Waals surface area contributed by atoms with Crippen LogP contribution in [0.5, 0.6) is 0 Å². The van der Waals surface area contributed by atoms with Gasteiger partial charge in [0.1, 0.15) is 5.82 Å². The summed E-state index contributed by atoms with van der Waals surface area (Å²) in [5.74, 6) is 1.33. The van der Waals surface area contributed by atoms with Gasteiger partial charge >= 0.3 is 0 Å². The van der Waals surface area contributed by atoms with Gasteiger partial charge in [-0.05, 0) is 61.5 Å². The molecule has 0 bridgehead atoms. The number of halogens is 1. The van der Waals surface area contributed by atoms with Crippen LogP contribution in [-0.4, -0.2) is 16.9 Å². The van der Waals surface area contributed by atoms with E-state index in [1.165, 1.54) is 18.6 Å². The lowest BCUT2D eigenvalue weighted by atomic mass is 10.1. The van der Waals surface area contributed by atoms with Gasteiger partial charge in [-0.25, -0.2) is 4.39 Å². The molecule has 0 heterocycles. The first-order chi connectivity index (χ1) is 9.60. The van der Waals surface area contributed by atoms with Crippen LogP contribution >= 0.6 is 12.0 Å². The van der Waals surface area contributed by atoms with E-state index in [4.69, 9.17) is 10.3 Å². The maximum absolute atomic E-state index is 12.6. The summed E-state index contributed by atoms with van der Waals surface area (Å²) in [7, 11) is 0. The van der Waals surface area contributed by atoms with Crippen molar-refractivity contribution in [3.05, 3.63) is 41.7 Å². The first-order valence-corrected chi connectivity index (χ1v) is 7.93. The van der Waals surface area contributed by atoms with Gasteiger partial charge in [0, 0.05) is 5.75 Å². The third-order valence-corrected chi connectivity index (χ3v) is 3.00. The molecule has 20 heavy (non-hydrogen) atoms. The predicted molar refractivity (Wildman–Crippen MR) is 88.3 cm³/mol. The van der Waals surface area contributed by atoms with E-state index >= 15 is 0 Å². The minimum absolute atomic E-state index is 0.177. The van der Waals surface area contributed by atoms with Crippen LogP contribution in [0.2, 0.25) is 0 Å². The molecule has 2 nitrogen and oxygen atoms in total. The molecule has 4 heteroatoms. The highest BCUT2D eigenvalue weighted by atomic mass is 32.2. The molecule has 0 atom stereocenters. The van der Waals surface area contributed by atoms with Crippen molar-refractivity contribution in [1.29, 1.82) is 0 Å². The van der Waals surface area contributed by atoms with Crippen molar-refractivity contribution in [2.24, 2.45) is 11.7 Å². The molecule has 0 aliphatic heterocycles. The van der Waals surface area contributed by atoms with Crippen LogP contribution in [0.15, 0.2) is 30.3 Å². The molecule has 0 amide bonds. The topological polar surface area (TPSA) is 46.2 Å². The van der Waals surface area contributed by atoms with Gasteiger partial charge in [-0.2, -0.15) is 0 Å². The fraction of sp³-hybridized carbons (Fsp3) is 0.500. The van der Waals surface area contributed by atoms with Crippen LogP contribution in [0.4, 0.5) is 4.39 Å². The molecule has 0 spiro atoms. The monoisotopic (exact) mass is 299 g/mol. The van der Waals surface area contributed by atoms with Crippen molar-refractivity contribution >= 4 is 18.1 Å². The van der Waals surface area contributed by atoms with Crippen LogP contribution in [0.1, 0.15) is 38.7 Å². The lowest BCUT2D eigenvalue weighted by Crippen LogP contribution is -1.98. The van der Waals surface area contributed by atoms with E-state index in [2.05, 4.69) is 19.9 Å². The zero-order chi connectivity index (χ0) is 15.2. The van der Waals surface area contributed by atoms with E-state index in [9.17, 15) is 4.39 Å². The van der Waals surface area contributed by atoms with E-state index in [1.54, 1.807) is 12.1 Å². The van der Waals surface area contributed by atoms with Crippen molar-refractivity contribution < 1.29 is 8.94 Å². The lowest BCUT2D eigenvalue weighted by Gasteiger charge is -1.99. The number of nitrogens with two attached hydrogens (primary N) is 1. The number of benzene rings is 1. The Morgan fingerprint density at radius 1 is 1.30 bits per heavy atom. The maximum Gasteiger partial charge on any atom is 0.123 e. The molecule has 0 saturated heterocycles. The number of hydrogen-bond donors (Lipinski definition) is 2. The molecule has 0 unspecified atom stereocenters. The largest absolute Gasteiger partial charge is 0.330 e. The van der Waals surface area contributed by atoms with Crippen molar-refractivity contribution in [1.82, 2.24) is 0 Å². The van der Waals surface area contributed by atoms with Crippen LogP contribution in [0.25, 0.3) is 6.08 Å². The van der Waals surface area contributed by atoms with Crippen molar-refractivity contribution in [2.75, 3.05) is 12.3 Å². The zero-order valence-electron chi connectivity index (χ0n) is 12.4. The van der Waals surface area contributed by atoms with Crippen LogP contribution in [-0.2, 0) is 0 Å². The Labute approximate surface area is 126 Å². The van der Waals surface area contributed by atoms with E-state index in [0.717, 1.165) is 42.1 Å². The van der Waals surface area contributed by atoms with E-state index < -0.39 is 0 Å². The Morgan fingerprint density at radius 2 is 1.95 bits per heavy atom. The Morgan fingerprint density at radius 3 is 2.40 bits per heavy atom. The fourth-order valence-electron chi connectivity index (χ4n) is 1.37. The first kappa shape index (κ1) is 19.2. The number of rotatable bonds is 7. The van der Waals surface area contributed by atoms with Gasteiger partial charge in [-0.1, -0.05) is 38.1 Å². The van der Waals surface area contributed by atoms with Crippen LogP contribution < -0.4 is 5.73 Å². The van der Waals surface area contributed by atoms with Gasteiger partial charge in [0.2, 0.25) is 0 Å². The minimum Gasteiger partial charge on any atom is -0.330 e. The average Bonchev–Trinajstić information content (AvgIpc) is 2.44. The summed E-state index contributed by atoms with van der Waals surface area (Å²) in [6.07, 6.45) is 7.39. The average molecular weight is 299 g/mol. The van der Waals surface area contributed by atoms with Crippen LogP contribution in [0.3, 0.4) is 0 Å². The second kappa shape index (κ2) is 13.2. The SMILES string of the molecule is CC(C)CC/C=C/c1ccc(F)cc1.NCCCSO. The molecule has 0 aliphatic carbocycles. The second-order valence-corrected chi connectivity index (χ2v) is 5.57. The molecule has 0 aliphatic rings. The van der Waals surface area contributed by atoms with E-state index in [1.807, 2.05) is 6.08 Å². The summed E-state index contributed by atoms with van der Waals surface area (Å²) in [5.41, 5.74) is 6.16. The van der Waals surface area contributed by atoms with Gasteiger partial charge in [0.25, 0.3) is 0 Å². The predicted octanol–water partition coefficient (Wildman–Crippen LogP) is 4.82. The summed E-state index contributed by atoms with van der Waals surface area (Å²) < 4.78 is 20.6. The second-order valence-electron chi connectivity index (χ2n) is 4.90. The zero-order valence-corrected chi connectivity index (χ0v) is 13.2. The van der Waals surface area contributed by atoms with Crippen molar-refractivity contribution in [2.45, 2.75) is 33.1 Å².